The number of benzene rings is 2. The Morgan fingerprint density at radius 1 is 1.04 bits per heavy atom. The molecule has 136 valence electrons. The smallest absolute Gasteiger partial charge is 0.283 e. The Hall–Kier alpha value is -2.41. The molecule has 0 spiro atoms. The molecule has 0 N–H and O–H groups in total. The maximum Gasteiger partial charge on any atom is 0.283 e. The second kappa shape index (κ2) is 6.96. The average Bonchev–Trinajstić information content (AvgIpc) is 3.06. The van der Waals surface area contributed by atoms with Gasteiger partial charge in [-0.25, -0.2) is 4.98 Å². The van der Waals surface area contributed by atoms with Gasteiger partial charge in [0.05, 0.1) is 12.2 Å². The molecular formula is C18H12Cl3N5O. The van der Waals surface area contributed by atoms with Crippen molar-refractivity contribution in [1.82, 2.24) is 24.5 Å². The van der Waals surface area contributed by atoms with Crippen LogP contribution in [0.25, 0.3) is 16.9 Å². The topological polar surface area (TPSA) is 65.6 Å². The highest BCUT2D eigenvalue weighted by atomic mass is 35.5. The molecular weight excluding hydrogens is 409 g/mol. The highest BCUT2D eigenvalue weighted by molar-refractivity contribution is 6.35. The van der Waals surface area contributed by atoms with Crippen LogP contribution in [0.15, 0.2) is 47.5 Å². The number of aromatic nitrogens is 5. The molecule has 0 unspecified atom stereocenters. The van der Waals surface area contributed by atoms with E-state index >= 15 is 0 Å². The lowest BCUT2D eigenvalue weighted by molar-refractivity contribution is 0.745. The van der Waals surface area contributed by atoms with Gasteiger partial charge in [0.25, 0.3) is 5.56 Å². The summed E-state index contributed by atoms with van der Waals surface area (Å²) in [7, 11) is 0. The molecule has 4 aromatic rings. The van der Waals surface area contributed by atoms with Gasteiger partial charge in [-0.15, -0.1) is 5.10 Å². The molecule has 27 heavy (non-hydrogen) atoms. The highest BCUT2D eigenvalue weighted by Crippen LogP contribution is 2.22. The summed E-state index contributed by atoms with van der Waals surface area (Å²) < 4.78 is 2.92. The van der Waals surface area contributed by atoms with E-state index in [1.54, 1.807) is 24.3 Å². The van der Waals surface area contributed by atoms with E-state index in [0.29, 0.717) is 26.4 Å². The Bertz CT molecular complexity index is 1230. The molecule has 9 heteroatoms. The van der Waals surface area contributed by atoms with Crippen molar-refractivity contribution in [3.8, 4) is 5.69 Å². The Kier molecular flexibility index (Phi) is 4.63. The summed E-state index contributed by atoms with van der Waals surface area (Å²) in [5.74, 6) is 0. The van der Waals surface area contributed by atoms with Crippen molar-refractivity contribution in [3.63, 3.8) is 0 Å². The van der Waals surface area contributed by atoms with Crippen molar-refractivity contribution in [1.29, 1.82) is 0 Å². The second-order valence-corrected chi connectivity index (χ2v) is 7.27. The Balaban J connectivity index is 1.77. The SMILES string of the molecule is Cc1ccc(-n2nnc3c(=O)n(Cc4ccc(Cl)cc4Cl)cnc32)cc1Cl. The summed E-state index contributed by atoms with van der Waals surface area (Å²) in [5.41, 5.74) is 2.59. The van der Waals surface area contributed by atoms with Gasteiger partial charge >= 0.3 is 0 Å². The van der Waals surface area contributed by atoms with E-state index in [0.717, 1.165) is 11.1 Å². The maximum absolute atomic E-state index is 12.8. The minimum absolute atomic E-state index is 0.166. The highest BCUT2D eigenvalue weighted by Gasteiger charge is 2.14. The quantitative estimate of drug-likeness (QED) is 0.496. The Labute approximate surface area is 168 Å². The van der Waals surface area contributed by atoms with Crippen LogP contribution in [0.1, 0.15) is 11.1 Å². The molecule has 0 aliphatic rings. The third-order valence-electron chi connectivity index (χ3n) is 4.19. The monoisotopic (exact) mass is 419 g/mol. The molecule has 2 aromatic heterocycles. The fourth-order valence-electron chi connectivity index (χ4n) is 2.68. The summed E-state index contributed by atoms with van der Waals surface area (Å²) in [6.45, 7) is 2.16. The average molecular weight is 421 g/mol. The zero-order chi connectivity index (χ0) is 19.1. The van der Waals surface area contributed by atoms with E-state index in [4.69, 9.17) is 34.8 Å². The summed E-state index contributed by atoms with van der Waals surface area (Å²) in [4.78, 5) is 17.2. The standard InChI is InChI=1S/C18H12Cl3N5O/c1-10-2-5-13(7-14(10)20)26-17-16(23-24-26)18(27)25(9-22-17)8-11-3-4-12(19)6-15(11)21/h2-7,9H,8H2,1H3. The van der Waals surface area contributed by atoms with Gasteiger partial charge in [-0.1, -0.05) is 52.1 Å². The molecule has 2 aromatic carbocycles. The van der Waals surface area contributed by atoms with Crippen molar-refractivity contribution in [3.05, 3.63) is 79.3 Å². The second-order valence-electron chi connectivity index (χ2n) is 6.02. The number of hydrogen-bond donors (Lipinski definition) is 0. The lowest BCUT2D eigenvalue weighted by Gasteiger charge is -2.08. The molecule has 6 nitrogen and oxygen atoms in total. The first-order valence-corrected chi connectivity index (χ1v) is 9.09. The van der Waals surface area contributed by atoms with Crippen LogP contribution in [0.2, 0.25) is 15.1 Å². The zero-order valence-corrected chi connectivity index (χ0v) is 16.3. The number of halogens is 3. The summed E-state index contributed by atoms with van der Waals surface area (Å²) in [6, 6.07) is 10.6. The first-order valence-electron chi connectivity index (χ1n) is 7.95. The van der Waals surface area contributed by atoms with Gasteiger partial charge in [-0.2, -0.15) is 4.68 Å². The molecule has 0 atom stereocenters. The van der Waals surface area contributed by atoms with Gasteiger partial charge < -0.3 is 0 Å². The molecule has 0 fully saturated rings. The third-order valence-corrected chi connectivity index (χ3v) is 5.18. The predicted octanol–water partition coefficient (Wildman–Crippen LogP) is 4.29. The van der Waals surface area contributed by atoms with Crippen molar-refractivity contribution >= 4 is 46.0 Å². The van der Waals surface area contributed by atoms with E-state index in [9.17, 15) is 4.79 Å². The number of hydrogen-bond acceptors (Lipinski definition) is 4. The zero-order valence-electron chi connectivity index (χ0n) is 14.0. The van der Waals surface area contributed by atoms with E-state index < -0.39 is 0 Å². The van der Waals surface area contributed by atoms with Crippen molar-refractivity contribution in [2.75, 3.05) is 0 Å². The van der Waals surface area contributed by atoms with Crippen LogP contribution >= 0.6 is 34.8 Å². The van der Waals surface area contributed by atoms with Crippen LogP contribution in [-0.2, 0) is 6.54 Å². The fraction of sp³-hybridized carbons (Fsp3) is 0.111. The van der Waals surface area contributed by atoms with Gasteiger partial charge in [-0.05, 0) is 42.3 Å². The number of fused-ring (bicyclic) bond motifs is 1. The van der Waals surface area contributed by atoms with Crippen molar-refractivity contribution in [2.24, 2.45) is 0 Å². The first-order chi connectivity index (χ1) is 12.9. The maximum atomic E-state index is 12.8. The van der Waals surface area contributed by atoms with Crippen molar-refractivity contribution in [2.45, 2.75) is 13.5 Å². The molecule has 0 saturated heterocycles. The number of nitrogens with zero attached hydrogens (tertiary/aromatic N) is 5. The minimum Gasteiger partial charge on any atom is -0.293 e. The summed E-state index contributed by atoms with van der Waals surface area (Å²) in [5, 5.41) is 9.68. The van der Waals surface area contributed by atoms with Gasteiger partial charge in [0.1, 0.15) is 6.33 Å². The molecule has 0 radical (unpaired) electrons. The van der Waals surface area contributed by atoms with E-state index in [2.05, 4.69) is 15.3 Å². The lowest BCUT2D eigenvalue weighted by atomic mass is 10.2. The van der Waals surface area contributed by atoms with Gasteiger partial charge in [0, 0.05) is 15.1 Å². The Morgan fingerprint density at radius 3 is 2.59 bits per heavy atom. The lowest BCUT2D eigenvalue weighted by Crippen LogP contribution is -2.21. The molecule has 0 aliphatic carbocycles. The van der Waals surface area contributed by atoms with Gasteiger partial charge in [0.2, 0.25) is 0 Å². The Morgan fingerprint density at radius 2 is 1.85 bits per heavy atom. The van der Waals surface area contributed by atoms with Crippen LogP contribution in [-0.4, -0.2) is 24.5 Å². The summed E-state index contributed by atoms with van der Waals surface area (Å²) >= 11 is 18.3. The van der Waals surface area contributed by atoms with E-state index in [1.807, 2.05) is 19.1 Å². The normalized spacial score (nSPS) is 11.3. The van der Waals surface area contributed by atoms with Gasteiger partial charge in [-0.3, -0.25) is 9.36 Å². The van der Waals surface area contributed by atoms with Crippen LogP contribution in [0.5, 0.6) is 0 Å². The predicted molar refractivity (Wildman–Crippen MR) is 106 cm³/mol. The van der Waals surface area contributed by atoms with Gasteiger partial charge in [0.15, 0.2) is 11.2 Å². The molecule has 0 aliphatic heterocycles. The largest absolute Gasteiger partial charge is 0.293 e. The third kappa shape index (κ3) is 3.32. The minimum atomic E-state index is -0.310. The molecule has 4 rings (SSSR count). The number of aryl methyl sites for hydroxylation is 1. The van der Waals surface area contributed by atoms with Crippen molar-refractivity contribution < 1.29 is 0 Å². The summed E-state index contributed by atoms with van der Waals surface area (Å²) in [6.07, 6.45) is 1.45. The fourth-order valence-corrected chi connectivity index (χ4v) is 3.32. The molecule has 0 saturated carbocycles. The van der Waals surface area contributed by atoms with Crippen LogP contribution < -0.4 is 5.56 Å². The first kappa shape index (κ1) is 18.0. The molecule has 0 amide bonds. The molecule has 2 heterocycles. The van der Waals surface area contributed by atoms with Crippen LogP contribution in [0, 0.1) is 6.92 Å². The number of rotatable bonds is 3. The van der Waals surface area contributed by atoms with E-state index in [-0.39, 0.29) is 17.6 Å². The van der Waals surface area contributed by atoms with Crippen LogP contribution in [0.4, 0.5) is 0 Å². The van der Waals surface area contributed by atoms with E-state index in [1.165, 1.54) is 15.6 Å². The molecule has 0 bridgehead atoms. The van der Waals surface area contributed by atoms with Crippen LogP contribution in [0.3, 0.4) is 0 Å².